The average molecular weight is 1200 g/mol. The van der Waals surface area contributed by atoms with E-state index in [4.69, 9.17) is 14.2 Å². The summed E-state index contributed by atoms with van der Waals surface area (Å²) in [5, 5.41) is 57.2. The molecule has 1 heterocycles. The van der Waals surface area contributed by atoms with Gasteiger partial charge < -0.3 is 45.1 Å². The molecule has 85 heavy (non-hydrogen) atoms. The van der Waals surface area contributed by atoms with Gasteiger partial charge in [0.25, 0.3) is 0 Å². The lowest BCUT2D eigenvalue weighted by molar-refractivity contribution is -0.305. The predicted octanol–water partition coefficient (Wildman–Crippen LogP) is 18.5. The first-order valence-corrected chi connectivity index (χ1v) is 36.1. The lowest BCUT2D eigenvalue weighted by Gasteiger charge is -2.41. The molecule has 496 valence electrons. The van der Waals surface area contributed by atoms with Gasteiger partial charge in [-0.2, -0.15) is 0 Å². The van der Waals surface area contributed by atoms with Crippen LogP contribution in [-0.2, 0) is 23.8 Å². The van der Waals surface area contributed by atoms with Gasteiger partial charge in [0, 0.05) is 6.42 Å². The van der Waals surface area contributed by atoms with Crippen molar-refractivity contribution >= 4 is 11.9 Å². The van der Waals surface area contributed by atoms with Crippen molar-refractivity contribution in [2.24, 2.45) is 0 Å². The monoisotopic (exact) mass is 1200 g/mol. The first-order chi connectivity index (χ1) is 41.7. The van der Waals surface area contributed by atoms with Crippen molar-refractivity contribution in [1.82, 2.24) is 5.32 Å². The van der Waals surface area contributed by atoms with E-state index in [-0.39, 0.29) is 19.4 Å². The highest BCUT2D eigenvalue weighted by Gasteiger charge is 2.47. The summed E-state index contributed by atoms with van der Waals surface area (Å²) in [5.74, 6) is -1.20. The van der Waals surface area contributed by atoms with Gasteiger partial charge in [-0.05, 0) is 70.6 Å². The molecule has 0 bridgehead atoms. The summed E-state index contributed by atoms with van der Waals surface area (Å²) in [4.78, 5) is 26.7. The number of hydrogen-bond acceptors (Lipinski definition) is 10. The highest BCUT2D eigenvalue weighted by atomic mass is 16.7. The van der Waals surface area contributed by atoms with E-state index in [9.17, 15) is 35.1 Å². The number of rotatable bonds is 62. The maximum atomic E-state index is 13.5. The lowest BCUT2D eigenvalue weighted by atomic mass is 9.99. The largest absolute Gasteiger partial charge is 0.454 e. The molecule has 0 spiro atoms. The predicted molar refractivity (Wildman–Crippen MR) is 356 cm³/mol. The average Bonchev–Trinajstić information content (AvgIpc) is 3.60. The van der Waals surface area contributed by atoms with Crippen LogP contribution in [0.1, 0.15) is 335 Å². The SMILES string of the molecule is CCCCC/C=C\C/C=C\C/C=C\C/C=C\CCCCCCC(O)C(=O)NC(COC1OC(CO)C(O)C(O)C1OC(=O)CCCCCCCCCCCCCCCCCCCCCCCCCCC)C(O)/C=C/CCCCCCCCCCC. The van der Waals surface area contributed by atoms with E-state index in [1.54, 1.807) is 6.08 Å². The molecular weight excluding hydrogens is 1060 g/mol. The number of carbonyl (C=O) groups excluding carboxylic acids is 2. The van der Waals surface area contributed by atoms with E-state index < -0.39 is 67.4 Å². The van der Waals surface area contributed by atoms with Crippen LogP contribution >= 0.6 is 0 Å². The third-order valence-corrected chi connectivity index (χ3v) is 16.9. The molecule has 1 rings (SSSR count). The van der Waals surface area contributed by atoms with Gasteiger partial charge in [0.2, 0.25) is 5.91 Å². The quantitative estimate of drug-likeness (QED) is 0.0195. The van der Waals surface area contributed by atoms with Crippen LogP contribution in [0.5, 0.6) is 0 Å². The van der Waals surface area contributed by atoms with Gasteiger partial charge in [0.05, 0.1) is 25.4 Å². The molecule has 0 aromatic carbocycles. The topological polar surface area (TPSA) is 175 Å². The maximum Gasteiger partial charge on any atom is 0.306 e. The summed E-state index contributed by atoms with van der Waals surface area (Å²) in [6.45, 7) is 5.79. The Morgan fingerprint density at radius 3 is 1.24 bits per heavy atom. The van der Waals surface area contributed by atoms with Crippen molar-refractivity contribution in [3.05, 3.63) is 60.8 Å². The molecule has 1 aliphatic rings. The minimum absolute atomic E-state index is 0.124. The van der Waals surface area contributed by atoms with Crippen molar-refractivity contribution < 1.29 is 49.3 Å². The van der Waals surface area contributed by atoms with Gasteiger partial charge in [0.15, 0.2) is 12.4 Å². The Morgan fingerprint density at radius 1 is 0.459 bits per heavy atom. The number of esters is 1. The second kappa shape index (κ2) is 61.6. The highest BCUT2D eigenvalue weighted by Crippen LogP contribution is 2.26. The smallest absolute Gasteiger partial charge is 0.306 e. The lowest BCUT2D eigenvalue weighted by Crippen LogP contribution is -2.61. The molecule has 0 aromatic heterocycles. The summed E-state index contributed by atoms with van der Waals surface area (Å²) in [5.41, 5.74) is 0. The van der Waals surface area contributed by atoms with E-state index in [1.165, 1.54) is 205 Å². The van der Waals surface area contributed by atoms with Crippen molar-refractivity contribution in [2.75, 3.05) is 13.2 Å². The Bertz CT molecular complexity index is 1620. The molecule has 0 saturated carbocycles. The van der Waals surface area contributed by atoms with Crippen molar-refractivity contribution in [3.8, 4) is 0 Å². The van der Waals surface area contributed by atoms with Gasteiger partial charge in [0.1, 0.15) is 24.4 Å². The van der Waals surface area contributed by atoms with Crippen LogP contribution in [0.15, 0.2) is 60.8 Å². The summed E-state index contributed by atoms with van der Waals surface area (Å²) < 4.78 is 17.7. The van der Waals surface area contributed by atoms with Gasteiger partial charge >= 0.3 is 5.97 Å². The second-order valence-corrected chi connectivity index (χ2v) is 25.0. The fraction of sp³-hybridized carbons (Fsp3) is 0.838. The molecule has 0 aliphatic carbocycles. The zero-order chi connectivity index (χ0) is 61.7. The van der Waals surface area contributed by atoms with E-state index in [2.05, 4.69) is 74.7 Å². The third kappa shape index (κ3) is 48.9. The minimum atomic E-state index is -1.62. The molecule has 8 unspecified atom stereocenters. The second-order valence-electron chi connectivity index (χ2n) is 25.0. The highest BCUT2D eigenvalue weighted by molar-refractivity contribution is 5.80. The molecule has 1 amide bonds. The zero-order valence-electron chi connectivity index (χ0n) is 55.2. The summed E-state index contributed by atoms with van der Waals surface area (Å²) in [7, 11) is 0. The standard InChI is InChI=1S/C74H135NO10/c1-4-7-10-13-16-19-22-24-26-28-30-32-33-34-35-36-38-40-42-44-47-50-53-56-59-62-69(79)85-72-71(81)70(80)68(63-76)84-74(72)83-64-65(66(77)60-57-54-51-48-45-21-18-15-12-9-6-3)75-73(82)67(78)61-58-55-52-49-46-43-41-39-37-31-29-27-25-23-20-17-14-11-8-5-2/h17,20,25,27,31,37,41,43,57,60,65-68,70-72,74,76-78,80-81H,4-16,18-19,21-24,26,28-30,32-36,38-40,42,44-56,58-59,61-64H2,1-3H3,(H,75,82)/b20-17-,27-25-,37-31-,43-41-,60-57+. The zero-order valence-corrected chi connectivity index (χ0v) is 55.2. The Kier molecular flexibility index (Phi) is 58.2. The maximum absolute atomic E-state index is 13.5. The number of aliphatic hydroxyl groups excluding tert-OH is 5. The van der Waals surface area contributed by atoms with Gasteiger partial charge in [-0.25, -0.2) is 0 Å². The molecule has 1 fully saturated rings. The van der Waals surface area contributed by atoms with Crippen molar-refractivity contribution in [3.63, 3.8) is 0 Å². The Balaban J connectivity index is 2.55. The van der Waals surface area contributed by atoms with Crippen LogP contribution < -0.4 is 5.32 Å². The Morgan fingerprint density at radius 2 is 0.812 bits per heavy atom. The number of ether oxygens (including phenoxy) is 3. The number of allylic oxidation sites excluding steroid dienone is 9. The molecule has 11 nitrogen and oxygen atoms in total. The molecule has 1 saturated heterocycles. The summed E-state index contributed by atoms with van der Waals surface area (Å²) in [6.07, 6.45) is 68.4. The van der Waals surface area contributed by atoms with Crippen LogP contribution in [0.2, 0.25) is 0 Å². The van der Waals surface area contributed by atoms with Crippen molar-refractivity contribution in [1.29, 1.82) is 0 Å². The van der Waals surface area contributed by atoms with Gasteiger partial charge in [-0.3, -0.25) is 9.59 Å². The van der Waals surface area contributed by atoms with Crippen LogP contribution in [0, 0.1) is 0 Å². The minimum Gasteiger partial charge on any atom is -0.454 e. The molecule has 11 heteroatoms. The number of nitrogens with one attached hydrogen (secondary N) is 1. The van der Waals surface area contributed by atoms with Crippen molar-refractivity contribution in [2.45, 2.75) is 384 Å². The molecule has 0 aromatic rings. The number of unbranched alkanes of at least 4 members (excludes halogenated alkanes) is 40. The molecule has 1 aliphatic heterocycles. The normalized spacial score (nSPS) is 18.7. The number of aliphatic hydroxyl groups is 5. The molecule has 6 N–H and O–H groups in total. The summed E-state index contributed by atoms with van der Waals surface area (Å²) in [6, 6.07) is -1.04. The van der Waals surface area contributed by atoms with Crippen LogP contribution in [0.4, 0.5) is 0 Å². The number of hydrogen-bond donors (Lipinski definition) is 6. The van der Waals surface area contributed by atoms with Gasteiger partial charge in [-0.15, -0.1) is 0 Å². The Labute approximate surface area is 522 Å². The molecule has 0 radical (unpaired) electrons. The number of amides is 1. The first kappa shape index (κ1) is 80.4. The van der Waals surface area contributed by atoms with E-state index >= 15 is 0 Å². The number of carbonyl (C=O) groups is 2. The van der Waals surface area contributed by atoms with E-state index in [0.29, 0.717) is 12.8 Å². The Hall–Kier alpha value is -2.64. The van der Waals surface area contributed by atoms with Gasteiger partial charge in [-0.1, -0.05) is 319 Å². The first-order valence-electron chi connectivity index (χ1n) is 36.1. The fourth-order valence-electron chi connectivity index (χ4n) is 11.2. The molecular formula is C74H135NO10. The fourth-order valence-corrected chi connectivity index (χ4v) is 11.2. The third-order valence-electron chi connectivity index (χ3n) is 16.9. The summed E-state index contributed by atoms with van der Waals surface area (Å²) >= 11 is 0. The molecule has 8 atom stereocenters. The van der Waals surface area contributed by atoms with E-state index in [1.807, 2.05) is 6.08 Å². The van der Waals surface area contributed by atoms with Crippen LogP contribution in [0.25, 0.3) is 0 Å². The van der Waals surface area contributed by atoms with Crippen LogP contribution in [0.3, 0.4) is 0 Å². The van der Waals surface area contributed by atoms with E-state index in [0.717, 1.165) is 83.5 Å². The van der Waals surface area contributed by atoms with Crippen LogP contribution in [-0.4, -0.2) is 99.6 Å².